The van der Waals surface area contributed by atoms with E-state index in [9.17, 15) is 0 Å². The van der Waals surface area contributed by atoms with Gasteiger partial charge in [-0.3, -0.25) is 0 Å². The normalized spacial score (nSPS) is 56.9. The topological polar surface area (TPSA) is 0 Å². The Hall–Kier alpha value is 0.790. The van der Waals surface area contributed by atoms with E-state index in [0.717, 1.165) is 51.9 Å². The zero-order valence-corrected chi connectivity index (χ0v) is 16.7. The molecule has 4 saturated carbocycles. The average molecular weight is 367 g/mol. The number of thiol groups is 2. The summed E-state index contributed by atoms with van der Waals surface area (Å²) in [7, 11) is 0. The lowest BCUT2D eigenvalue weighted by atomic mass is 9.81. The summed E-state index contributed by atoms with van der Waals surface area (Å²) in [6.07, 6.45) is 12.5. The fourth-order valence-electron chi connectivity index (χ4n) is 7.34. The molecule has 0 aromatic carbocycles. The van der Waals surface area contributed by atoms with Crippen molar-refractivity contribution in [1.82, 2.24) is 0 Å². The summed E-state index contributed by atoms with van der Waals surface area (Å²) in [6, 6.07) is 0. The molecule has 0 N–H and O–H groups in total. The molecule has 0 aromatic rings. The second-order valence-corrected chi connectivity index (χ2v) is 11.6. The third-order valence-corrected chi connectivity index (χ3v) is 11.1. The van der Waals surface area contributed by atoms with E-state index < -0.39 is 0 Å². The van der Waals surface area contributed by atoms with Crippen molar-refractivity contribution in [3.63, 3.8) is 0 Å². The van der Waals surface area contributed by atoms with Gasteiger partial charge in [0.1, 0.15) is 0 Å². The van der Waals surface area contributed by atoms with Gasteiger partial charge in [0.05, 0.1) is 0 Å². The van der Waals surface area contributed by atoms with E-state index in [-0.39, 0.29) is 0 Å². The minimum absolute atomic E-state index is 0.692. The lowest BCUT2D eigenvalue weighted by Gasteiger charge is -2.35. The van der Waals surface area contributed by atoms with Gasteiger partial charge >= 0.3 is 0 Å². The van der Waals surface area contributed by atoms with E-state index in [1.165, 1.54) is 49.9 Å². The van der Waals surface area contributed by atoms with Crippen molar-refractivity contribution >= 4 is 37.0 Å². The fourth-order valence-corrected chi connectivity index (χ4v) is 10.8. The molecule has 0 heterocycles. The Morgan fingerprint density at radius 2 is 1.96 bits per heavy atom. The molecular formula is C20H30S3. The molecular weight excluding hydrogens is 336 g/mol. The van der Waals surface area contributed by atoms with Gasteiger partial charge in [0, 0.05) is 15.7 Å². The monoisotopic (exact) mass is 366 g/mol. The third-order valence-electron chi connectivity index (χ3n) is 8.23. The van der Waals surface area contributed by atoms with Crippen LogP contribution in [0, 0.1) is 41.4 Å². The Bertz CT molecular complexity index is 515. The molecule has 0 radical (unpaired) electrons. The van der Waals surface area contributed by atoms with Crippen molar-refractivity contribution in [1.29, 1.82) is 0 Å². The third kappa shape index (κ3) is 2.35. The first-order valence-electron chi connectivity index (χ1n) is 9.90. The van der Waals surface area contributed by atoms with Crippen molar-refractivity contribution in [3.05, 3.63) is 11.0 Å². The summed E-state index contributed by atoms with van der Waals surface area (Å²) < 4.78 is 0. The summed E-state index contributed by atoms with van der Waals surface area (Å²) in [5.41, 5.74) is 0. The number of allylic oxidation sites excluding steroid dienone is 2. The first-order valence-corrected chi connectivity index (χ1v) is 11.8. The van der Waals surface area contributed by atoms with Gasteiger partial charge in [0.2, 0.25) is 0 Å². The summed E-state index contributed by atoms with van der Waals surface area (Å²) in [4.78, 5) is 1.43. The molecule has 5 aliphatic rings. The van der Waals surface area contributed by atoms with Crippen LogP contribution < -0.4 is 0 Å². The van der Waals surface area contributed by atoms with Gasteiger partial charge in [0.15, 0.2) is 0 Å². The highest BCUT2D eigenvalue weighted by Gasteiger charge is 2.56. The van der Waals surface area contributed by atoms with Crippen molar-refractivity contribution in [3.8, 4) is 0 Å². The van der Waals surface area contributed by atoms with Crippen LogP contribution in [0.15, 0.2) is 11.0 Å². The zero-order valence-electron chi connectivity index (χ0n) is 14.1. The number of thioether (sulfide) groups is 1. The van der Waals surface area contributed by atoms with Gasteiger partial charge in [0.25, 0.3) is 0 Å². The van der Waals surface area contributed by atoms with E-state index >= 15 is 0 Å². The molecule has 10 unspecified atom stereocenters. The molecule has 23 heavy (non-hydrogen) atoms. The minimum atomic E-state index is 0.692. The average Bonchev–Trinajstić information content (AvgIpc) is 3.29. The van der Waals surface area contributed by atoms with Crippen LogP contribution in [-0.2, 0) is 0 Å². The van der Waals surface area contributed by atoms with Crippen LogP contribution in [0.3, 0.4) is 0 Å². The minimum Gasteiger partial charge on any atom is -0.176 e. The largest absolute Gasteiger partial charge is 0.176 e. The van der Waals surface area contributed by atoms with Gasteiger partial charge in [-0.2, -0.15) is 24.4 Å². The Labute approximate surface area is 156 Å². The van der Waals surface area contributed by atoms with Crippen LogP contribution in [0.2, 0.25) is 0 Å². The highest BCUT2D eigenvalue weighted by Crippen LogP contribution is 2.64. The van der Waals surface area contributed by atoms with Crippen molar-refractivity contribution in [2.45, 2.75) is 67.6 Å². The van der Waals surface area contributed by atoms with Gasteiger partial charge in [-0.15, -0.1) is 12.6 Å². The molecule has 4 fully saturated rings. The highest BCUT2D eigenvalue weighted by atomic mass is 32.2. The van der Waals surface area contributed by atoms with Crippen LogP contribution in [-0.4, -0.2) is 15.7 Å². The molecule has 0 spiro atoms. The molecule has 0 aromatic heterocycles. The van der Waals surface area contributed by atoms with Gasteiger partial charge in [-0.05, 0) is 84.9 Å². The maximum atomic E-state index is 5.00. The summed E-state index contributed by atoms with van der Waals surface area (Å²) >= 11 is 12.2. The Morgan fingerprint density at radius 1 is 1.09 bits per heavy atom. The second-order valence-electron chi connectivity index (χ2n) is 8.95. The fraction of sp³-hybridized carbons (Fsp3) is 0.900. The SMILES string of the molecule is CCC1CC(SC2CC3CC2C2CC=C(S)C32)C2C(S)CCC12. The van der Waals surface area contributed by atoms with E-state index in [4.69, 9.17) is 25.3 Å². The van der Waals surface area contributed by atoms with Crippen molar-refractivity contribution in [2.24, 2.45) is 41.4 Å². The zero-order chi connectivity index (χ0) is 15.7. The van der Waals surface area contributed by atoms with Crippen molar-refractivity contribution < 1.29 is 0 Å². The predicted octanol–water partition coefficient (Wildman–Crippen LogP) is 5.70. The van der Waals surface area contributed by atoms with E-state index in [1.807, 2.05) is 0 Å². The molecule has 0 saturated heterocycles. The Kier molecular flexibility index (Phi) is 4.11. The summed E-state index contributed by atoms with van der Waals surface area (Å²) in [6.45, 7) is 2.42. The molecule has 5 rings (SSSR count). The molecule has 3 heteroatoms. The van der Waals surface area contributed by atoms with Crippen molar-refractivity contribution in [2.75, 3.05) is 0 Å². The lowest BCUT2D eigenvalue weighted by molar-refractivity contribution is 0.289. The van der Waals surface area contributed by atoms with E-state index in [0.29, 0.717) is 5.25 Å². The highest BCUT2D eigenvalue weighted by molar-refractivity contribution is 8.00. The molecule has 10 atom stereocenters. The summed E-state index contributed by atoms with van der Waals surface area (Å²) in [5, 5.41) is 2.57. The van der Waals surface area contributed by atoms with Crippen LogP contribution in [0.4, 0.5) is 0 Å². The molecule has 128 valence electrons. The molecule has 5 aliphatic carbocycles. The first-order chi connectivity index (χ1) is 11.2. The van der Waals surface area contributed by atoms with Crippen LogP contribution >= 0.6 is 37.0 Å². The van der Waals surface area contributed by atoms with Gasteiger partial charge < -0.3 is 0 Å². The molecule has 0 aliphatic heterocycles. The quantitative estimate of drug-likeness (QED) is 0.604. The van der Waals surface area contributed by atoms with E-state index in [2.05, 4.69) is 24.8 Å². The second kappa shape index (κ2) is 5.91. The number of rotatable bonds is 3. The first kappa shape index (κ1) is 16.0. The van der Waals surface area contributed by atoms with Gasteiger partial charge in [-0.1, -0.05) is 19.4 Å². The Balaban J connectivity index is 1.30. The standard InChI is InChI=1S/C20H30S3/c1-2-10-8-18(20-12(10)3-5-16(20)22)23-17-9-11-7-14(17)13-4-6-15(21)19(11)13/h6,10-14,16-22H,2-5,7-9H2,1H3. The van der Waals surface area contributed by atoms with Gasteiger partial charge in [-0.25, -0.2) is 0 Å². The van der Waals surface area contributed by atoms with Crippen LogP contribution in [0.25, 0.3) is 0 Å². The molecule has 2 bridgehead atoms. The Morgan fingerprint density at radius 3 is 2.78 bits per heavy atom. The summed E-state index contributed by atoms with van der Waals surface area (Å²) in [5.74, 6) is 6.68. The maximum absolute atomic E-state index is 5.00. The van der Waals surface area contributed by atoms with E-state index in [1.54, 1.807) is 0 Å². The number of fused-ring (bicyclic) bond motifs is 6. The molecule has 0 amide bonds. The lowest BCUT2D eigenvalue weighted by Crippen LogP contribution is -2.30. The van der Waals surface area contributed by atoms with Crippen LogP contribution in [0.1, 0.15) is 51.9 Å². The smallest absolute Gasteiger partial charge is 0.00941 e. The number of hydrogen-bond acceptors (Lipinski definition) is 3. The maximum Gasteiger partial charge on any atom is 0.00941 e. The van der Waals surface area contributed by atoms with Crippen LogP contribution in [0.5, 0.6) is 0 Å². The number of hydrogen-bond donors (Lipinski definition) is 2. The predicted molar refractivity (Wildman–Crippen MR) is 107 cm³/mol. The molecule has 0 nitrogen and oxygen atoms in total.